The van der Waals surface area contributed by atoms with Gasteiger partial charge in [-0.15, -0.1) is 0 Å². The number of nitrogens with one attached hydrogen (secondary N) is 1. The van der Waals surface area contributed by atoms with Gasteiger partial charge in [-0.05, 0) is 24.0 Å². The van der Waals surface area contributed by atoms with Gasteiger partial charge in [0.2, 0.25) is 10.7 Å². The van der Waals surface area contributed by atoms with Crippen molar-refractivity contribution in [2.45, 2.75) is 25.3 Å². The minimum Gasteiger partial charge on any atom is -0.611 e. The fraction of sp³-hybridized carbons (Fsp3) is 0.600. The fourth-order valence-corrected chi connectivity index (χ4v) is 3.46. The van der Waals surface area contributed by atoms with Crippen LogP contribution in [0.5, 0.6) is 0 Å². The molecule has 2 unspecified atom stereocenters. The number of ether oxygens (including phenoxy) is 1. The lowest BCUT2D eigenvalue weighted by Crippen LogP contribution is -2.48. The van der Waals surface area contributed by atoms with Gasteiger partial charge in [-0.2, -0.15) is 0 Å². The number of ketones is 1. The smallest absolute Gasteiger partial charge is 0.333 e. The topological polar surface area (TPSA) is 78.5 Å². The van der Waals surface area contributed by atoms with Gasteiger partial charge >= 0.3 is 5.97 Å². The molecule has 0 saturated heterocycles. The third-order valence-electron chi connectivity index (χ3n) is 2.74. The molecule has 0 bridgehead atoms. The van der Waals surface area contributed by atoms with Crippen molar-refractivity contribution in [1.82, 2.24) is 5.32 Å². The van der Waals surface area contributed by atoms with Gasteiger partial charge in [0.25, 0.3) is 0 Å². The summed E-state index contributed by atoms with van der Waals surface area (Å²) in [6.07, 6.45) is 1.88. The highest BCUT2D eigenvalue weighted by Crippen LogP contribution is 2.29. The summed E-state index contributed by atoms with van der Waals surface area (Å²) >= 11 is -1.37. The van der Waals surface area contributed by atoms with Crippen LogP contribution in [0.15, 0.2) is 10.6 Å². The highest BCUT2D eigenvalue weighted by Gasteiger charge is 2.40. The molecule has 1 N–H and O–H groups in total. The molecule has 1 aliphatic carbocycles. The van der Waals surface area contributed by atoms with Gasteiger partial charge < -0.3 is 14.6 Å². The molecule has 1 heterocycles. The van der Waals surface area contributed by atoms with Crippen molar-refractivity contribution < 1.29 is 18.9 Å². The molecule has 1 aliphatic heterocycles. The predicted octanol–water partition coefficient (Wildman–Crippen LogP) is -0.156. The number of carbonyl (C=O) groups is 2. The summed E-state index contributed by atoms with van der Waals surface area (Å²) in [4.78, 5) is 23.3. The molecular weight excluding hydrogens is 230 g/mol. The van der Waals surface area contributed by atoms with E-state index in [4.69, 9.17) is 0 Å². The zero-order valence-electron chi connectivity index (χ0n) is 8.95. The Morgan fingerprint density at radius 2 is 2.31 bits per heavy atom. The van der Waals surface area contributed by atoms with Crippen molar-refractivity contribution >= 4 is 22.9 Å². The Hall–Kier alpha value is -1.01. The van der Waals surface area contributed by atoms with Gasteiger partial charge in [0.15, 0.2) is 6.04 Å². The number of rotatable bonds is 1. The maximum absolute atomic E-state index is 11.9. The third-order valence-corrected chi connectivity index (χ3v) is 4.30. The molecule has 2 aliphatic rings. The number of Topliss-reactive ketones (excluding diaryl/α,β-unsaturated/α-hetero) is 1. The van der Waals surface area contributed by atoms with Gasteiger partial charge in [-0.25, -0.2) is 4.79 Å². The molecule has 0 saturated carbocycles. The van der Waals surface area contributed by atoms with Crippen LogP contribution < -0.4 is 5.32 Å². The Bertz CT molecular complexity index is 366. The van der Waals surface area contributed by atoms with Crippen molar-refractivity contribution in [3.8, 4) is 0 Å². The zero-order valence-corrected chi connectivity index (χ0v) is 9.76. The normalized spacial score (nSPS) is 29.5. The highest BCUT2D eigenvalue weighted by atomic mass is 32.2. The van der Waals surface area contributed by atoms with Gasteiger partial charge in [0.1, 0.15) is 5.75 Å². The standard InChI is InChI=1S/C10H13NO4S/c1-15-10(13)7-5-16(14)9-6(11-7)3-2-4-8(9)12/h7,11H,2-5H2,1H3. The second kappa shape index (κ2) is 4.47. The first kappa shape index (κ1) is 11.5. The van der Waals surface area contributed by atoms with Gasteiger partial charge in [0.05, 0.1) is 12.8 Å². The van der Waals surface area contributed by atoms with Crippen molar-refractivity contribution in [2.75, 3.05) is 12.9 Å². The second-order valence-corrected chi connectivity index (χ2v) is 5.25. The summed E-state index contributed by atoms with van der Waals surface area (Å²) in [7, 11) is 1.29. The van der Waals surface area contributed by atoms with E-state index in [0.29, 0.717) is 23.4 Å². The Balaban J connectivity index is 2.23. The van der Waals surface area contributed by atoms with Crippen molar-refractivity contribution in [3.63, 3.8) is 0 Å². The van der Waals surface area contributed by atoms with E-state index in [1.165, 1.54) is 7.11 Å². The first-order valence-electron chi connectivity index (χ1n) is 5.12. The molecule has 6 heteroatoms. The summed E-state index contributed by atoms with van der Waals surface area (Å²) in [6, 6.07) is -0.588. The lowest BCUT2D eigenvalue weighted by Gasteiger charge is -2.30. The first-order chi connectivity index (χ1) is 7.63. The molecule has 5 nitrogen and oxygen atoms in total. The summed E-state index contributed by atoms with van der Waals surface area (Å²) in [5, 5.41) is 2.96. The molecule has 2 atom stereocenters. The predicted molar refractivity (Wildman–Crippen MR) is 57.8 cm³/mol. The molecule has 0 spiro atoms. The Labute approximate surface area is 96.4 Å². The molecule has 0 aromatic carbocycles. The van der Waals surface area contributed by atoms with Gasteiger partial charge in [-0.1, -0.05) is 0 Å². The van der Waals surface area contributed by atoms with Crippen molar-refractivity contribution in [3.05, 3.63) is 10.6 Å². The SMILES string of the molecule is COC(=O)C1C[S+]([O-])C2=C(CCCC2=O)N1. The maximum Gasteiger partial charge on any atom is 0.333 e. The van der Waals surface area contributed by atoms with Crippen LogP contribution in [0.1, 0.15) is 19.3 Å². The van der Waals surface area contributed by atoms with Crippen LogP contribution in [0.3, 0.4) is 0 Å². The van der Waals surface area contributed by atoms with Crippen molar-refractivity contribution in [2.24, 2.45) is 0 Å². The number of allylic oxidation sites excluding steroid dienone is 2. The van der Waals surface area contributed by atoms with E-state index < -0.39 is 23.2 Å². The van der Waals surface area contributed by atoms with E-state index in [-0.39, 0.29) is 11.5 Å². The average molecular weight is 243 g/mol. The van der Waals surface area contributed by atoms with Crippen molar-refractivity contribution in [1.29, 1.82) is 0 Å². The van der Waals surface area contributed by atoms with Crippen LogP contribution in [0.25, 0.3) is 0 Å². The lowest BCUT2D eigenvalue weighted by atomic mass is 10.0. The molecule has 0 aromatic rings. The molecule has 88 valence electrons. The maximum atomic E-state index is 11.9. The van der Waals surface area contributed by atoms with Gasteiger partial charge in [0, 0.05) is 6.42 Å². The number of esters is 1. The Morgan fingerprint density at radius 3 is 3.00 bits per heavy atom. The quantitative estimate of drug-likeness (QED) is 0.511. The van der Waals surface area contributed by atoms with Gasteiger partial charge in [-0.3, -0.25) is 4.79 Å². The van der Waals surface area contributed by atoms with E-state index in [1.807, 2.05) is 0 Å². The lowest BCUT2D eigenvalue weighted by molar-refractivity contribution is -0.142. The van der Waals surface area contributed by atoms with E-state index >= 15 is 0 Å². The number of methoxy groups -OCH3 is 1. The monoisotopic (exact) mass is 243 g/mol. The van der Waals surface area contributed by atoms with Crippen LogP contribution >= 0.6 is 0 Å². The minimum atomic E-state index is -1.37. The zero-order chi connectivity index (χ0) is 11.7. The van der Waals surface area contributed by atoms with E-state index in [0.717, 1.165) is 6.42 Å². The van der Waals surface area contributed by atoms with E-state index in [1.54, 1.807) is 0 Å². The average Bonchev–Trinajstić information content (AvgIpc) is 2.27. The Morgan fingerprint density at radius 1 is 1.56 bits per heavy atom. The van der Waals surface area contributed by atoms with Crippen LogP contribution in [-0.2, 0) is 25.5 Å². The number of carbonyl (C=O) groups excluding carboxylic acids is 2. The largest absolute Gasteiger partial charge is 0.611 e. The van der Waals surface area contributed by atoms with Crippen LogP contribution in [0.2, 0.25) is 0 Å². The van der Waals surface area contributed by atoms with E-state index in [2.05, 4.69) is 10.1 Å². The third kappa shape index (κ3) is 1.94. The fourth-order valence-electron chi connectivity index (χ4n) is 1.98. The summed E-state index contributed by atoms with van der Waals surface area (Å²) in [5.74, 6) is -0.370. The summed E-state index contributed by atoms with van der Waals surface area (Å²) < 4.78 is 16.5. The second-order valence-electron chi connectivity index (χ2n) is 3.82. The minimum absolute atomic E-state index is 0.0598. The number of hydrogen-bond donors (Lipinski definition) is 1. The Kier molecular flexibility index (Phi) is 3.20. The molecular formula is C10H13NO4S. The highest BCUT2D eigenvalue weighted by molar-refractivity contribution is 7.96. The summed E-state index contributed by atoms with van der Waals surface area (Å²) in [6.45, 7) is 0. The van der Waals surface area contributed by atoms with Crippen LogP contribution in [-0.4, -0.2) is 35.2 Å². The molecule has 0 amide bonds. The molecule has 0 fully saturated rings. The van der Waals surface area contributed by atoms with E-state index in [9.17, 15) is 14.1 Å². The first-order valence-corrected chi connectivity index (χ1v) is 6.44. The molecule has 0 aromatic heterocycles. The molecule has 16 heavy (non-hydrogen) atoms. The number of hydrogen-bond acceptors (Lipinski definition) is 5. The van der Waals surface area contributed by atoms with Crippen LogP contribution in [0, 0.1) is 0 Å². The molecule has 2 rings (SSSR count). The molecule has 0 radical (unpaired) electrons. The van der Waals surface area contributed by atoms with Crippen LogP contribution in [0.4, 0.5) is 0 Å². The summed E-state index contributed by atoms with van der Waals surface area (Å²) in [5.41, 5.74) is 0.663.